The van der Waals surface area contributed by atoms with E-state index in [-0.39, 0.29) is 0 Å². The van der Waals surface area contributed by atoms with Gasteiger partial charge in [-0.25, -0.2) is 0 Å². The maximum Gasteiger partial charge on any atom is 0.0210 e. The van der Waals surface area contributed by atoms with Gasteiger partial charge in [0.15, 0.2) is 0 Å². The molecule has 66 valence electrons. The Labute approximate surface area is 74.9 Å². The maximum absolute atomic E-state index is 4.05. The summed E-state index contributed by atoms with van der Waals surface area (Å²) in [7, 11) is 0. The molecule has 0 aromatic heterocycles. The Bertz CT molecular complexity index is 223. The van der Waals surface area contributed by atoms with Gasteiger partial charge < -0.3 is 5.32 Å². The van der Waals surface area contributed by atoms with E-state index in [4.69, 9.17) is 0 Å². The van der Waals surface area contributed by atoms with Crippen LogP contribution < -0.4 is 5.32 Å². The van der Waals surface area contributed by atoms with Gasteiger partial charge in [-0.3, -0.25) is 0 Å². The van der Waals surface area contributed by atoms with Gasteiger partial charge in [-0.2, -0.15) is 0 Å². The molecule has 0 saturated carbocycles. The minimum atomic E-state index is 0.966. The smallest absolute Gasteiger partial charge is 0.0210 e. The molecule has 0 fully saturated rings. The third-order valence-electron chi connectivity index (χ3n) is 2.36. The minimum absolute atomic E-state index is 0.966. The van der Waals surface area contributed by atoms with Crippen LogP contribution in [0.15, 0.2) is 36.0 Å². The van der Waals surface area contributed by atoms with Gasteiger partial charge in [-0.1, -0.05) is 31.7 Å². The summed E-state index contributed by atoms with van der Waals surface area (Å²) in [6.07, 6.45) is 4.10. The van der Waals surface area contributed by atoms with Gasteiger partial charge in [-0.15, -0.1) is 0 Å². The highest BCUT2D eigenvalue weighted by molar-refractivity contribution is 5.40. The lowest BCUT2D eigenvalue weighted by atomic mass is 9.94. The highest BCUT2D eigenvalue weighted by atomic mass is 14.9. The summed E-state index contributed by atoms with van der Waals surface area (Å²) in [4.78, 5) is 0. The molecular weight excluding hydrogens is 146 g/mol. The fraction of sp³-hybridized carbons (Fsp3) is 0.455. The van der Waals surface area contributed by atoms with Crippen LogP contribution in [-0.2, 0) is 0 Å². The molecule has 1 heteroatoms. The molecule has 0 amide bonds. The standard InChI is InChI=1S/C11H17N/c1-4-9(3)11-8-12-7-6-10(11)5-2/h5,12H,2-4,6-8H2,1H3. The number of rotatable bonds is 3. The van der Waals surface area contributed by atoms with Crippen molar-refractivity contribution >= 4 is 0 Å². The molecule has 1 aliphatic rings. The number of allylic oxidation sites excluding steroid dienone is 1. The summed E-state index contributed by atoms with van der Waals surface area (Å²) in [5, 5.41) is 3.35. The average Bonchev–Trinajstić information content (AvgIpc) is 2.16. The minimum Gasteiger partial charge on any atom is -0.312 e. The second-order valence-electron chi connectivity index (χ2n) is 3.09. The van der Waals surface area contributed by atoms with Crippen LogP contribution in [0.2, 0.25) is 0 Å². The zero-order valence-corrected chi connectivity index (χ0v) is 7.82. The normalized spacial score (nSPS) is 17.8. The molecule has 0 atom stereocenters. The Morgan fingerprint density at radius 3 is 3.00 bits per heavy atom. The van der Waals surface area contributed by atoms with Crippen molar-refractivity contribution in [3.05, 3.63) is 36.0 Å². The summed E-state index contributed by atoms with van der Waals surface area (Å²) in [5.41, 5.74) is 4.00. The van der Waals surface area contributed by atoms with Crippen LogP contribution in [0.5, 0.6) is 0 Å². The fourth-order valence-electron chi connectivity index (χ4n) is 1.49. The van der Waals surface area contributed by atoms with Crippen LogP contribution in [0, 0.1) is 0 Å². The Balaban J connectivity index is 2.86. The van der Waals surface area contributed by atoms with Gasteiger partial charge >= 0.3 is 0 Å². The van der Waals surface area contributed by atoms with Crippen LogP contribution in [-0.4, -0.2) is 13.1 Å². The Morgan fingerprint density at radius 2 is 2.42 bits per heavy atom. The lowest BCUT2D eigenvalue weighted by Gasteiger charge is -2.20. The lowest BCUT2D eigenvalue weighted by molar-refractivity contribution is 0.687. The maximum atomic E-state index is 4.05. The number of hydrogen-bond acceptors (Lipinski definition) is 1. The van der Waals surface area contributed by atoms with Crippen molar-refractivity contribution in [1.29, 1.82) is 0 Å². The zero-order chi connectivity index (χ0) is 8.97. The number of nitrogens with one attached hydrogen (secondary N) is 1. The van der Waals surface area contributed by atoms with Gasteiger partial charge in [-0.05, 0) is 30.5 Å². The van der Waals surface area contributed by atoms with Crippen LogP contribution in [0.25, 0.3) is 0 Å². The summed E-state index contributed by atoms with van der Waals surface area (Å²) in [6, 6.07) is 0. The molecule has 0 aromatic rings. The number of hydrogen-bond donors (Lipinski definition) is 1. The van der Waals surface area contributed by atoms with Gasteiger partial charge in [0.1, 0.15) is 0 Å². The van der Waals surface area contributed by atoms with Gasteiger partial charge in [0.05, 0.1) is 0 Å². The first-order valence-electron chi connectivity index (χ1n) is 4.53. The zero-order valence-electron chi connectivity index (χ0n) is 7.82. The van der Waals surface area contributed by atoms with E-state index in [2.05, 4.69) is 25.4 Å². The molecule has 0 radical (unpaired) electrons. The van der Waals surface area contributed by atoms with Gasteiger partial charge in [0.2, 0.25) is 0 Å². The van der Waals surface area contributed by atoms with Crippen LogP contribution >= 0.6 is 0 Å². The van der Waals surface area contributed by atoms with Gasteiger partial charge in [0.25, 0.3) is 0 Å². The summed E-state index contributed by atoms with van der Waals surface area (Å²) in [6.45, 7) is 12.1. The quantitative estimate of drug-likeness (QED) is 0.673. The van der Waals surface area contributed by atoms with Crippen molar-refractivity contribution in [2.75, 3.05) is 13.1 Å². The molecule has 0 aromatic carbocycles. The van der Waals surface area contributed by atoms with E-state index in [0.717, 1.165) is 25.9 Å². The average molecular weight is 163 g/mol. The highest BCUT2D eigenvalue weighted by Crippen LogP contribution is 2.21. The molecule has 0 bridgehead atoms. The lowest BCUT2D eigenvalue weighted by Crippen LogP contribution is -2.25. The molecule has 1 N–H and O–H groups in total. The van der Waals surface area contributed by atoms with Crippen molar-refractivity contribution in [2.45, 2.75) is 19.8 Å². The summed E-state index contributed by atoms with van der Waals surface area (Å²) >= 11 is 0. The van der Waals surface area contributed by atoms with E-state index in [9.17, 15) is 0 Å². The molecule has 12 heavy (non-hydrogen) atoms. The van der Waals surface area contributed by atoms with E-state index >= 15 is 0 Å². The molecular formula is C11H17N. The molecule has 0 spiro atoms. The van der Waals surface area contributed by atoms with Crippen molar-refractivity contribution < 1.29 is 0 Å². The second kappa shape index (κ2) is 4.27. The van der Waals surface area contributed by atoms with Crippen molar-refractivity contribution in [3.8, 4) is 0 Å². The molecule has 0 aliphatic carbocycles. The molecule has 0 saturated heterocycles. The van der Waals surface area contributed by atoms with E-state index in [1.54, 1.807) is 0 Å². The monoisotopic (exact) mass is 163 g/mol. The Morgan fingerprint density at radius 1 is 1.67 bits per heavy atom. The molecule has 1 heterocycles. The largest absolute Gasteiger partial charge is 0.312 e. The second-order valence-corrected chi connectivity index (χ2v) is 3.09. The predicted octanol–water partition coefficient (Wildman–Crippen LogP) is 2.43. The first-order valence-corrected chi connectivity index (χ1v) is 4.53. The first-order chi connectivity index (χ1) is 5.79. The van der Waals surface area contributed by atoms with E-state index in [1.807, 2.05) is 6.08 Å². The van der Waals surface area contributed by atoms with Crippen molar-refractivity contribution in [1.82, 2.24) is 5.32 Å². The SMILES string of the molecule is C=CC1=C(C(=C)CC)CNCC1. The Kier molecular flexibility index (Phi) is 3.30. The third kappa shape index (κ3) is 1.86. The fourth-order valence-corrected chi connectivity index (χ4v) is 1.49. The highest BCUT2D eigenvalue weighted by Gasteiger charge is 2.10. The molecule has 1 rings (SSSR count). The van der Waals surface area contributed by atoms with Crippen LogP contribution in [0.1, 0.15) is 19.8 Å². The molecule has 1 aliphatic heterocycles. The molecule has 0 unspecified atom stereocenters. The van der Waals surface area contributed by atoms with Crippen LogP contribution in [0.3, 0.4) is 0 Å². The van der Waals surface area contributed by atoms with Crippen molar-refractivity contribution in [2.24, 2.45) is 0 Å². The van der Waals surface area contributed by atoms with E-state index in [1.165, 1.54) is 16.7 Å². The topological polar surface area (TPSA) is 12.0 Å². The van der Waals surface area contributed by atoms with E-state index < -0.39 is 0 Å². The predicted molar refractivity (Wildman–Crippen MR) is 54.1 cm³/mol. The third-order valence-corrected chi connectivity index (χ3v) is 2.36. The van der Waals surface area contributed by atoms with Crippen LogP contribution in [0.4, 0.5) is 0 Å². The summed E-state index contributed by atoms with van der Waals surface area (Å²) in [5.74, 6) is 0. The molecule has 1 nitrogen and oxygen atoms in total. The Hall–Kier alpha value is -0.820. The van der Waals surface area contributed by atoms with Gasteiger partial charge in [0, 0.05) is 6.54 Å². The van der Waals surface area contributed by atoms with Crippen molar-refractivity contribution in [3.63, 3.8) is 0 Å². The van der Waals surface area contributed by atoms with E-state index in [0.29, 0.717) is 0 Å². The first kappa shape index (κ1) is 9.27. The summed E-state index contributed by atoms with van der Waals surface area (Å²) < 4.78 is 0.